The van der Waals surface area contributed by atoms with E-state index in [1.54, 1.807) is 0 Å². The fourth-order valence-electron chi connectivity index (χ4n) is 3.20. The fourth-order valence-corrected chi connectivity index (χ4v) is 4.24. The van der Waals surface area contributed by atoms with Crippen LogP contribution in [0.15, 0.2) is 32.3 Å². The number of nitrogens with zero attached hydrogens (tertiary/aromatic N) is 2. The molecule has 1 aliphatic rings. The fraction of sp³-hybridized carbons (Fsp3) is 0.562. The number of fused-ring (bicyclic) bond motifs is 1. The van der Waals surface area contributed by atoms with Crippen molar-refractivity contribution in [2.75, 3.05) is 32.8 Å². The molecule has 2 N–H and O–H groups in total. The van der Waals surface area contributed by atoms with Crippen molar-refractivity contribution in [3.05, 3.63) is 28.7 Å². The van der Waals surface area contributed by atoms with Crippen LogP contribution in [0.2, 0.25) is 0 Å². The zero-order valence-electron chi connectivity index (χ0n) is 14.1. The number of likely N-dealkylation sites (tertiary alicyclic amines) is 1. The molecular formula is C16H23N3O5S. The largest absolute Gasteiger partial charge is 0.419 e. The molecule has 1 aromatic heterocycles. The Kier molecular flexibility index (Phi) is 5.28. The van der Waals surface area contributed by atoms with Gasteiger partial charge in [-0.05, 0) is 43.5 Å². The SMILES string of the molecule is Cn1c(=O)oc2ccc(S(=O)(=O)NCCN3CCC[C@H](CO)C3)cc21. The Morgan fingerprint density at radius 3 is 2.96 bits per heavy atom. The molecule has 2 aromatic rings. The minimum atomic E-state index is -3.66. The summed E-state index contributed by atoms with van der Waals surface area (Å²) in [5.41, 5.74) is 0.796. The van der Waals surface area contributed by atoms with Crippen molar-refractivity contribution in [2.24, 2.45) is 13.0 Å². The third kappa shape index (κ3) is 3.95. The molecule has 1 aliphatic heterocycles. The molecule has 0 aliphatic carbocycles. The third-order valence-electron chi connectivity index (χ3n) is 4.65. The molecular weight excluding hydrogens is 346 g/mol. The van der Waals surface area contributed by atoms with E-state index in [9.17, 15) is 18.3 Å². The first-order chi connectivity index (χ1) is 11.9. The van der Waals surface area contributed by atoms with Crippen molar-refractivity contribution < 1.29 is 17.9 Å². The van der Waals surface area contributed by atoms with Gasteiger partial charge in [-0.25, -0.2) is 17.9 Å². The summed E-state index contributed by atoms with van der Waals surface area (Å²) >= 11 is 0. The van der Waals surface area contributed by atoms with Gasteiger partial charge in [0.05, 0.1) is 10.4 Å². The average Bonchev–Trinajstić information content (AvgIpc) is 2.89. The predicted molar refractivity (Wildman–Crippen MR) is 92.9 cm³/mol. The Labute approximate surface area is 146 Å². The number of benzene rings is 1. The maximum absolute atomic E-state index is 12.5. The van der Waals surface area contributed by atoms with Crippen molar-refractivity contribution in [3.8, 4) is 0 Å². The maximum Gasteiger partial charge on any atom is 0.419 e. The molecule has 0 unspecified atom stereocenters. The first-order valence-corrected chi connectivity index (χ1v) is 9.81. The Hall–Kier alpha value is -1.68. The van der Waals surface area contributed by atoms with Crippen LogP contribution >= 0.6 is 0 Å². The summed E-state index contributed by atoms with van der Waals surface area (Å²) in [6.07, 6.45) is 2.03. The van der Waals surface area contributed by atoms with Gasteiger partial charge in [-0.2, -0.15) is 0 Å². The van der Waals surface area contributed by atoms with Crippen molar-refractivity contribution in [1.29, 1.82) is 0 Å². The summed E-state index contributed by atoms with van der Waals surface area (Å²) in [6, 6.07) is 4.35. The summed E-state index contributed by atoms with van der Waals surface area (Å²) in [4.78, 5) is 13.8. The lowest BCUT2D eigenvalue weighted by molar-refractivity contribution is 0.122. The third-order valence-corrected chi connectivity index (χ3v) is 6.11. The van der Waals surface area contributed by atoms with Crippen LogP contribution in [0.5, 0.6) is 0 Å². The molecule has 3 rings (SSSR count). The van der Waals surface area contributed by atoms with Crippen LogP contribution in [0.25, 0.3) is 11.1 Å². The summed E-state index contributed by atoms with van der Waals surface area (Å²) < 4.78 is 33.8. The standard InChI is InChI=1S/C16H23N3O5S/c1-18-14-9-13(4-5-15(14)24-16(18)21)25(22,23)17-6-8-19-7-2-3-12(10-19)11-20/h4-5,9,12,17,20H,2-3,6-8,10-11H2,1H3/t12-/m0/s1. The highest BCUT2D eigenvalue weighted by molar-refractivity contribution is 7.89. The number of hydrogen-bond acceptors (Lipinski definition) is 6. The Morgan fingerprint density at radius 2 is 2.20 bits per heavy atom. The van der Waals surface area contributed by atoms with E-state index in [1.807, 2.05) is 0 Å². The van der Waals surface area contributed by atoms with Crippen molar-refractivity contribution in [2.45, 2.75) is 17.7 Å². The number of nitrogens with one attached hydrogen (secondary N) is 1. The lowest BCUT2D eigenvalue weighted by Gasteiger charge is -2.31. The number of rotatable bonds is 6. The molecule has 0 saturated carbocycles. The van der Waals surface area contributed by atoms with E-state index in [2.05, 4.69) is 9.62 Å². The number of hydrogen-bond donors (Lipinski definition) is 2. The number of aliphatic hydroxyl groups is 1. The van der Waals surface area contributed by atoms with Crippen LogP contribution < -0.4 is 10.5 Å². The van der Waals surface area contributed by atoms with Crippen LogP contribution in [0.1, 0.15) is 12.8 Å². The molecule has 0 radical (unpaired) electrons. The number of aliphatic hydroxyl groups excluding tert-OH is 1. The highest BCUT2D eigenvalue weighted by atomic mass is 32.2. The zero-order chi connectivity index (χ0) is 18.0. The van der Waals surface area contributed by atoms with Crippen molar-refractivity contribution in [1.82, 2.24) is 14.2 Å². The molecule has 25 heavy (non-hydrogen) atoms. The van der Waals surface area contributed by atoms with Gasteiger partial charge >= 0.3 is 5.76 Å². The second kappa shape index (κ2) is 7.28. The summed E-state index contributed by atoms with van der Waals surface area (Å²) in [7, 11) is -2.13. The van der Waals surface area contributed by atoms with Crippen molar-refractivity contribution >= 4 is 21.1 Å². The smallest absolute Gasteiger partial charge is 0.408 e. The molecule has 9 heteroatoms. The molecule has 1 atom stereocenters. The van der Waals surface area contributed by atoms with Crippen LogP contribution in [-0.4, -0.2) is 55.8 Å². The van der Waals surface area contributed by atoms with E-state index in [0.717, 1.165) is 25.9 Å². The molecule has 1 saturated heterocycles. The van der Waals surface area contributed by atoms with E-state index >= 15 is 0 Å². The quantitative estimate of drug-likeness (QED) is 0.749. The topological polar surface area (TPSA) is 105 Å². The maximum atomic E-state index is 12.5. The van der Waals surface area contributed by atoms with Gasteiger partial charge in [0.15, 0.2) is 5.58 Å². The molecule has 0 amide bonds. The van der Waals surface area contributed by atoms with E-state index in [4.69, 9.17) is 4.42 Å². The molecule has 138 valence electrons. The van der Waals surface area contributed by atoms with Gasteiger partial charge in [0.2, 0.25) is 10.0 Å². The Bertz CT molecular complexity index is 902. The molecule has 1 aromatic carbocycles. The van der Waals surface area contributed by atoms with Crippen LogP contribution in [0, 0.1) is 5.92 Å². The average molecular weight is 369 g/mol. The number of aromatic nitrogens is 1. The van der Waals surface area contributed by atoms with Crippen LogP contribution in [0.4, 0.5) is 0 Å². The molecule has 2 heterocycles. The van der Waals surface area contributed by atoms with Crippen molar-refractivity contribution in [3.63, 3.8) is 0 Å². The highest BCUT2D eigenvalue weighted by Gasteiger charge is 2.20. The Balaban J connectivity index is 1.65. The van der Waals surface area contributed by atoms with Gasteiger partial charge in [0.25, 0.3) is 0 Å². The normalized spacial score (nSPS) is 19.5. The monoisotopic (exact) mass is 369 g/mol. The highest BCUT2D eigenvalue weighted by Crippen LogP contribution is 2.18. The minimum Gasteiger partial charge on any atom is -0.408 e. The van der Waals surface area contributed by atoms with E-state index in [0.29, 0.717) is 24.2 Å². The molecule has 8 nitrogen and oxygen atoms in total. The zero-order valence-corrected chi connectivity index (χ0v) is 15.0. The van der Waals surface area contributed by atoms with Crippen LogP contribution in [0.3, 0.4) is 0 Å². The van der Waals surface area contributed by atoms with Crippen LogP contribution in [-0.2, 0) is 17.1 Å². The number of oxazole rings is 1. The summed E-state index contributed by atoms with van der Waals surface area (Å²) in [5, 5.41) is 9.25. The number of piperidine rings is 1. The van der Waals surface area contributed by atoms with E-state index in [-0.39, 0.29) is 17.4 Å². The second-order valence-electron chi connectivity index (χ2n) is 6.45. The number of sulfonamides is 1. The van der Waals surface area contributed by atoms with E-state index in [1.165, 1.54) is 29.8 Å². The Morgan fingerprint density at radius 1 is 1.40 bits per heavy atom. The lowest BCUT2D eigenvalue weighted by atomic mass is 9.99. The molecule has 0 spiro atoms. The summed E-state index contributed by atoms with van der Waals surface area (Å²) in [5.74, 6) is -0.254. The second-order valence-corrected chi connectivity index (χ2v) is 8.21. The lowest BCUT2D eigenvalue weighted by Crippen LogP contribution is -2.41. The van der Waals surface area contributed by atoms with E-state index < -0.39 is 15.8 Å². The van der Waals surface area contributed by atoms with Gasteiger partial charge in [-0.3, -0.25) is 4.57 Å². The molecule has 1 fully saturated rings. The summed E-state index contributed by atoms with van der Waals surface area (Å²) in [6.45, 7) is 2.78. The first-order valence-electron chi connectivity index (χ1n) is 8.33. The first kappa shape index (κ1) is 18.1. The minimum absolute atomic E-state index is 0.100. The van der Waals surface area contributed by atoms with Gasteiger partial charge in [0.1, 0.15) is 0 Å². The predicted octanol–water partition coefficient (Wildman–Crippen LogP) is 0.114. The van der Waals surface area contributed by atoms with Gasteiger partial charge in [0, 0.05) is 33.3 Å². The van der Waals surface area contributed by atoms with Gasteiger partial charge in [-0.1, -0.05) is 0 Å². The molecule has 0 bridgehead atoms. The van der Waals surface area contributed by atoms with Gasteiger partial charge in [-0.15, -0.1) is 0 Å². The van der Waals surface area contributed by atoms with Gasteiger partial charge < -0.3 is 14.4 Å². The number of aryl methyl sites for hydroxylation is 1.